The second kappa shape index (κ2) is 8.57. The fraction of sp³-hybridized carbons (Fsp3) is 0.438. The molecule has 1 aromatic rings. The van der Waals surface area contributed by atoms with Crippen molar-refractivity contribution in [3.63, 3.8) is 0 Å². The number of nitrogens with one attached hydrogen (secondary N) is 3. The van der Waals surface area contributed by atoms with Crippen molar-refractivity contribution in [1.29, 1.82) is 0 Å². The molecule has 1 atom stereocenters. The topological polar surface area (TPSA) is 99.8 Å². The molecule has 1 heterocycles. The highest BCUT2D eigenvalue weighted by Crippen LogP contribution is 2.33. The van der Waals surface area contributed by atoms with E-state index in [2.05, 4.69) is 16.0 Å². The molecule has 136 valence electrons. The number of amides is 4. The lowest BCUT2D eigenvalue weighted by Crippen LogP contribution is -2.59. The largest absolute Gasteiger partial charge is 0.490 e. The molecule has 1 saturated heterocycles. The second-order valence-electron chi connectivity index (χ2n) is 5.36. The van der Waals surface area contributed by atoms with E-state index < -0.39 is 12.1 Å². The van der Waals surface area contributed by atoms with Crippen LogP contribution in [0.5, 0.6) is 5.75 Å². The summed E-state index contributed by atoms with van der Waals surface area (Å²) in [4.78, 5) is 37.7. The molecule has 1 unspecified atom stereocenters. The Hall–Kier alpha value is -2.48. The highest BCUT2D eigenvalue weighted by atomic mass is 35.5. The number of anilines is 1. The first-order valence-electron chi connectivity index (χ1n) is 7.95. The van der Waals surface area contributed by atoms with Crippen molar-refractivity contribution in [2.75, 3.05) is 32.1 Å². The molecule has 0 saturated carbocycles. The van der Waals surface area contributed by atoms with Crippen LogP contribution in [-0.2, 0) is 9.59 Å². The summed E-state index contributed by atoms with van der Waals surface area (Å²) >= 11 is 6.11. The summed E-state index contributed by atoms with van der Waals surface area (Å²) in [5, 5.41) is 8.21. The maximum absolute atomic E-state index is 12.7. The van der Waals surface area contributed by atoms with E-state index in [-0.39, 0.29) is 18.2 Å². The minimum atomic E-state index is -0.872. The van der Waals surface area contributed by atoms with E-state index in [1.165, 1.54) is 11.9 Å². The van der Waals surface area contributed by atoms with Crippen LogP contribution in [0.1, 0.15) is 13.3 Å². The van der Waals surface area contributed by atoms with Crippen LogP contribution < -0.4 is 20.7 Å². The van der Waals surface area contributed by atoms with Gasteiger partial charge in [-0.15, -0.1) is 0 Å². The number of para-hydroxylation sites is 1. The molecule has 8 nitrogen and oxygen atoms in total. The molecule has 0 aliphatic carbocycles. The fourth-order valence-electron chi connectivity index (χ4n) is 2.52. The summed E-state index contributed by atoms with van der Waals surface area (Å²) in [6.07, 6.45) is -0.108. The van der Waals surface area contributed by atoms with Gasteiger partial charge in [0.1, 0.15) is 6.04 Å². The zero-order chi connectivity index (χ0) is 18.4. The molecular weight excluding hydrogens is 348 g/mol. The molecule has 3 N–H and O–H groups in total. The predicted octanol–water partition coefficient (Wildman–Crippen LogP) is 1.21. The molecule has 25 heavy (non-hydrogen) atoms. The quantitative estimate of drug-likeness (QED) is 0.727. The van der Waals surface area contributed by atoms with Crippen LogP contribution in [0.3, 0.4) is 0 Å². The van der Waals surface area contributed by atoms with Crippen LogP contribution in [0, 0.1) is 0 Å². The number of carbonyl (C=O) groups is 3. The first-order valence-corrected chi connectivity index (χ1v) is 8.33. The van der Waals surface area contributed by atoms with Gasteiger partial charge in [-0.05, 0) is 19.1 Å². The zero-order valence-corrected chi connectivity index (χ0v) is 14.9. The van der Waals surface area contributed by atoms with Crippen molar-refractivity contribution in [2.24, 2.45) is 0 Å². The Labute approximate surface area is 150 Å². The van der Waals surface area contributed by atoms with Crippen LogP contribution in [0.15, 0.2) is 18.2 Å². The van der Waals surface area contributed by atoms with Gasteiger partial charge in [0.2, 0.25) is 11.8 Å². The highest BCUT2D eigenvalue weighted by molar-refractivity contribution is 6.32. The van der Waals surface area contributed by atoms with Gasteiger partial charge < -0.3 is 25.6 Å². The van der Waals surface area contributed by atoms with E-state index in [1.54, 1.807) is 18.2 Å². The van der Waals surface area contributed by atoms with Gasteiger partial charge in [0.25, 0.3) is 0 Å². The number of ether oxygens (including phenoxy) is 1. The lowest BCUT2D eigenvalue weighted by atomic mass is 10.1. The van der Waals surface area contributed by atoms with Gasteiger partial charge in [-0.3, -0.25) is 9.59 Å². The lowest BCUT2D eigenvalue weighted by molar-refractivity contribution is -0.132. The maximum Gasteiger partial charge on any atom is 0.322 e. The molecule has 4 amide bonds. The van der Waals surface area contributed by atoms with Gasteiger partial charge in [-0.1, -0.05) is 17.7 Å². The zero-order valence-electron chi connectivity index (χ0n) is 14.1. The lowest BCUT2D eigenvalue weighted by Gasteiger charge is -2.34. The fourth-order valence-corrected chi connectivity index (χ4v) is 2.75. The standard InChI is InChI=1S/C16H21ClN4O4/c1-3-25-14-10(17)5-4-6-11(14)20-16(24)21-8-7-19-15(23)12(21)9-13(22)18-2/h4-6,12H,3,7-9H2,1-2H3,(H,18,22)(H,19,23)(H,20,24). The number of halogens is 1. The molecule has 0 radical (unpaired) electrons. The number of carbonyl (C=O) groups excluding carboxylic acids is 3. The van der Waals surface area contributed by atoms with Gasteiger partial charge in [-0.2, -0.15) is 0 Å². The average Bonchev–Trinajstić information content (AvgIpc) is 2.59. The Morgan fingerprint density at radius 2 is 2.20 bits per heavy atom. The third kappa shape index (κ3) is 4.54. The van der Waals surface area contributed by atoms with Gasteiger partial charge in [0.15, 0.2) is 5.75 Å². The Balaban J connectivity index is 2.19. The molecule has 9 heteroatoms. The molecule has 1 aromatic carbocycles. The molecular formula is C16H21ClN4O4. The summed E-state index contributed by atoms with van der Waals surface area (Å²) in [6.45, 7) is 2.81. The molecule has 1 aliphatic rings. The molecule has 1 fully saturated rings. The van der Waals surface area contributed by atoms with Gasteiger partial charge in [0.05, 0.1) is 23.7 Å². The number of nitrogens with zero attached hydrogens (tertiary/aromatic N) is 1. The van der Waals surface area contributed by atoms with Crippen molar-refractivity contribution in [3.05, 3.63) is 23.2 Å². The van der Waals surface area contributed by atoms with Gasteiger partial charge in [-0.25, -0.2) is 4.79 Å². The highest BCUT2D eigenvalue weighted by Gasteiger charge is 2.34. The van der Waals surface area contributed by atoms with E-state index >= 15 is 0 Å². The number of urea groups is 1. The number of benzene rings is 1. The SMILES string of the molecule is CCOc1c(Cl)cccc1NC(=O)N1CCNC(=O)C1CC(=O)NC. The van der Waals surface area contributed by atoms with Crippen LogP contribution >= 0.6 is 11.6 Å². The monoisotopic (exact) mass is 368 g/mol. The number of hydrogen-bond donors (Lipinski definition) is 3. The maximum atomic E-state index is 12.7. The molecule has 0 spiro atoms. The second-order valence-corrected chi connectivity index (χ2v) is 5.76. The van der Waals surface area contributed by atoms with E-state index in [1.807, 2.05) is 6.92 Å². The number of piperazine rings is 1. The molecule has 0 aromatic heterocycles. The first-order chi connectivity index (χ1) is 12.0. The first kappa shape index (κ1) is 18.9. The normalized spacial score (nSPS) is 16.8. The summed E-state index contributed by atoms with van der Waals surface area (Å²) < 4.78 is 5.48. The number of rotatable bonds is 5. The van der Waals surface area contributed by atoms with Crippen LogP contribution in [-0.4, -0.2) is 55.5 Å². The van der Waals surface area contributed by atoms with E-state index in [4.69, 9.17) is 16.3 Å². The van der Waals surface area contributed by atoms with Gasteiger partial charge in [0, 0.05) is 20.1 Å². The summed E-state index contributed by atoms with van der Waals surface area (Å²) in [6, 6.07) is 3.64. The average molecular weight is 369 g/mol. The predicted molar refractivity (Wildman–Crippen MR) is 93.8 cm³/mol. The van der Waals surface area contributed by atoms with Crippen molar-refractivity contribution >= 4 is 35.1 Å². The van der Waals surface area contributed by atoms with Crippen molar-refractivity contribution in [1.82, 2.24) is 15.5 Å². The third-order valence-corrected chi connectivity index (χ3v) is 4.04. The van der Waals surface area contributed by atoms with Crippen LogP contribution in [0.2, 0.25) is 5.02 Å². The van der Waals surface area contributed by atoms with Crippen LogP contribution in [0.4, 0.5) is 10.5 Å². The van der Waals surface area contributed by atoms with Crippen molar-refractivity contribution in [2.45, 2.75) is 19.4 Å². The number of hydrogen-bond acceptors (Lipinski definition) is 4. The smallest absolute Gasteiger partial charge is 0.322 e. The summed E-state index contributed by atoms with van der Waals surface area (Å²) in [5.74, 6) is -0.317. The minimum Gasteiger partial charge on any atom is -0.490 e. The molecule has 1 aliphatic heterocycles. The Morgan fingerprint density at radius 3 is 2.88 bits per heavy atom. The Kier molecular flexibility index (Phi) is 6.46. The third-order valence-electron chi connectivity index (χ3n) is 3.75. The minimum absolute atomic E-state index is 0.108. The Morgan fingerprint density at radius 1 is 1.44 bits per heavy atom. The van der Waals surface area contributed by atoms with Gasteiger partial charge >= 0.3 is 6.03 Å². The summed E-state index contributed by atoms with van der Waals surface area (Å²) in [5.41, 5.74) is 0.407. The van der Waals surface area contributed by atoms with Crippen molar-refractivity contribution in [3.8, 4) is 5.75 Å². The molecule has 2 rings (SSSR count). The van der Waals surface area contributed by atoms with E-state index in [9.17, 15) is 14.4 Å². The van der Waals surface area contributed by atoms with E-state index in [0.717, 1.165) is 0 Å². The summed E-state index contributed by atoms with van der Waals surface area (Å²) in [7, 11) is 1.48. The Bertz CT molecular complexity index is 668. The van der Waals surface area contributed by atoms with E-state index in [0.29, 0.717) is 36.2 Å². The van der Waals surface area contributed by atoms with Crippen LogP contribution in [0.25, 0.3) is 0 Å². The van der Waals surface area contributed by atoms with Crippen molar-refractivity contribution < 1.29 is 19.1 Å². The molecule has 0 bridgehead atoms.